The number of aromatic nitrogens is 3. The SMILES string of the molecule is CCN(C(=O)c1ccc(Cl)o1)[C@@H](c1cccnc1)c1nccn1C. The van der Waals surface area contributed by atoms with Crippen LogP contribution in [0.1, 0.15) is 34.9 Å². The normalized spacial score (nSPS) is 12.1. The lowest BCUT2D eigenvalue weighted by Gasteiger charge is -2.30. The van der Waals surface area contributed by atoms with Crippen molar-refractivity contribution in [1.29, 1.82) is 0 Å². The van der Waals surface area contributed by atoms with E-state index in [2.05, 4.69) is 9.97 Å². The lowest BCUT2D eigenvalue weighted by Crippen LogP contribution is -2.36. The summed E-state index contributed by atoms with van der Waals surface area (Å²) in [7, 11) is 1.90. The first-order valence-electron chi connectivity index (χ1n) is 7.55. The van der Waals surface area contributed by atoms with Crippen molar-refractivity contribution in [2.75, 3.05) is 6.54 Å². The lowest BCUT2D eigenvalue weighted by molar-refractivity contribution is 0.0676. The van der Waals surface area contributed by atoms with Crippen LogP contribution in [-0.4, -0.2) is 31.9 Å². The Morgan fingerprint density at radius 1 is 1.38 bits per heavy atom. The molecular weight excluding hydrogens is 328 g/mol. The second-order valence-electron chi connectivity index (χ2n) is 5.28. The molecular formula is C17H17ClN4O2. The first kappa shape index (κ1) is 16.3. The largest absolute Gasteiger partial charge is 0.440 e. The number of rotatable bonds is 5. The zero-order valence-electron chi connectivity index (χ0n) is 13.4. The minimum absolute atomic E-state index is 0.185. The van der Waals surface area contributed by atoms with Crippen LogP contribution in [0.3, 0.4) is 0 Å². The van der Waals surface area contributed by atoms with Crippen LogP contribution in [0.15, 0.2) is 53.5 Å². The van der Waals surface area contributed by atoms with Gasteiger partial charge in [0.15, 0.2) is 11.0 Å². The fourth-order valence-corrected chi connectivity index (χ4v) is 2.81. The van der Waals surface area contributed by atoms with Crippen LogP contribution in [0.4, 0.5) is 0 Å². The van der Waals surface area contributed by atoms with Crippen molar-refractivity contribution in [2.24, 2.45) is 7.05 Å². The maximum absolute atomic E-state index is 12.9. The van der Waals surface area contributed by atoms with E-state index in [1.807, 2.05) is 36.9 Å². The standard InChI is InChI=1S/C17H17ClN4O2/c1-3-22(17(23)13-6-7-14(18)24-13)15(12-5-4-8-19-11-12)16-20-9-10-21(16)2/h4-11,15H,3H2,1-2H3/t15-/m0/s1. The highest BCUT2D eigenvalue weighted by Crippen LogP contribution is 2.29. The maximum Gasteiger partial charge on any atom is 0.290 e. The minimum Gasteiger partial charge on any atom is -0.440 e. The third kappa shape index (κ3) is 3.05. The molecule has 0 saturated carbocycles. The van der Waals surface area contributed by atoms with Gasteiger partial charge < -0.3 is 13.9 Å². The van der Waals surface area contributed by atoms with Crippen LogP contribution in [0, 0.1) is 0 Å². The molecule has 0 aromatic carbocycles. The zero-order chi connectivity index (χ0) is 17.1. The average molecular weight is 345 g/mol. The average Bonchev–Trinajstić information content (AvgIpc) is 3.21. The molecule has 0 spiro atoms. The van der Waals surface area contributed by atoms with E-state index in [1.165, 1.54) is 0 Å². The molecule has 0 bridgehead atoms. The number of hydrogen-bond acceptors (Lipinski definition) is 4. The van der Waals surface area contributed by atoms with E-state index in [1.54, 1.807) is 35.6 Å². The maximum atomic E-state index is 12.9. The van der Waals surface area contributed by atoms with Gasteiger partial charge in [-0.05, 0) is 36.7 Å². The molecule has 1 amide bonds. The molecule has 0 aliphatic rings. The molecule has 3 rings (SSSR count). The quantitative estimate of drug-likeness (QED) is 0.712. The van der Waals surface area contributed by atoms with Gasteiger partial charge in [0.25, 0.3) is 5.91 Å². The predicted octanol–water partition coefficient (Wildman–Crippen LogP) is 3.31. The van der Waals surface area contributed by atoms with Gasteiger partial charge in [0.2, 0.25) is 0 Å². The Hall–Kier alpha value is -2.60. The molecule has 0 fully saturated rings. The van der Waals surface area contributed by atoms with Gasteiger partial charge >= 0.3 is 0 Å². The number of imidazole rings is 1. The Morgan fingerprint density at radius 3 is 2.75 bits per heavy atom. The molecule has 1 atom stereocenters. The van der Waals surface area contributed by atoms with Crippen molar-refractivity contribution in [3.63, 3.8) is 0 Å². The summed E-state index contributed by atoms with van der Waals surface area (Å²) in [6, 6.07) is 6.53. The van der Waals surface area contributed by atoms with Gasteiger partial charge in [0.05, 0.1) is 0 Å². The van der Waals surface area contributed by atoms with E-state index < -0.39 is 0 Å². The first-order valence-corrected chi connectivity index (χ1v) is 7.93. The highest BCUT2D eigenvalue weighted by atomic mass is 35.5. The number of amides is 1. The van der Waals surface area contributed by atoms with E-state index in [0.29, 0.717) is 6.54 Å². The van der Waals surface area contributed by atoms with Gasteiger partial charge in [-0.2, -0.15) is 0 Å². The summed E-state index contributed by atoms with van der Waals surface area (Å²) < 4.78 is 7.18. The third-order valence-corrected chi connectivity index (χ3v) is 4.00. The summed E-state index contributed by atoms with van der Waals surface area (Å²) in [5, 5.41) is 0.185. The van der Waals surface area contributed by atoms with Gasteiger partial charge in [-0.3, -0.25) is 9.78 Å². The molecule has 0 saturated heterocycles. The highest BCUT2D eigenvalue weighted by molar-refractivity contribution is 6.29. The molecule has 0 radical (unpaired) electrons. The molecule has 0 unspecified atom stereocenters. The number of halogens is 1. The molecule has 7 heteroatoms. The van der Waals surface area contributed by atoms with Crippen LogP contribution >= 0.6 is 11.6 Å². The Morgan fingerprint density at radius 2 is 2.21 bits per heavy atom. The van der Waals surface area contributed by atoms with Crippen molar-refractivity contribution in [1.82, 2.24) is 19.4 Å². The smallest absolute Gasteiger partial charge is 0.290 e. The third-order valence-electron chi connectivity index (χ3n) is 3.80. The summed E-state index contributed by atoms with van der Waals surface area (Å²) in [5.74, 6) is 0.696. The summed E-state index contributed by atoms with van der Waals surface area (Å²) in [6.07, 6.45) is 7.00. The zero-order valence-corrected chi connectivity index (χ0v) is 14.1. The van der Waals surface area contributed by atoms with Crippen molar-refractivity contribution in [3.8, 4) is 0 Å². The Bertz CT molecular complexity index is 828. The summed E-state index contributed by atoms with van der Waals surface area (Å²) in [5.41, 5.74) is 0.875. The number of aryl methyl sites for hydroxylation is 1. The van der Waals surface area contributed by atoms with E-state index in [0.717, 1.165) is 11.4 Å². The molecule has 0 aliphatic heterocycles. The van der Waals surface area contributed by atoms with Crippen LogP contribution in [-0.2, 0) is 7.05 Å². The van der Waals surface area contributed by atoms with E-state index >= 15 is 0 Å². The lowest BCUT2D eigenvalue weighted by atomic mass is 10.1. The van der Waals surface area contributed by atoms with E-state index in [9.17, 15) is 4.79 Å². The molecule has 124 valence electrons. The van der Waals surface area contributed by atoms with Gasteiger partial charge in [-0.25, -0.2) is 4.98 Å². The Labute approximate surface area is 144 Å². The van der Waals surface area contributed by atoms with Crippen molar-refractivity contribution in [3.05, 3.63) is 71.4 Å². The number of furan rings is 1. The second-order valence-corrected chi connectivity index (χ2v) is 5.65. The Balaban J connectivity index is 2.06. The molecule has 0 aliphatic carbocycles. The fraction of sp³-hybridized carbons (Fsp3) is 0.235. The second kappa shape index (κ2) is 6.88. The molecule has 3 aromatic rings. The van der Waals surface area contributed by atoms with Gasteiger partial charge in [-0.15, -0.1) is 0 Å². The van der Waals surface area contributed by atoms with Gasteiger partial charge in [0, 0.05) is 43.9 Å². The molecule has 3 aromatic heterocycles. The van der Waals surface area contributed by atoms with Crippen LogP contribution in [0.5, 0.6) is 0 Å². The highest BCUT2D eigenvalue weighted by Gasteiger charge is 2.30. The number of pyridine rings is 1. The number of carbonyl (C=O) groups is 1. The number of hydrogen-bond donors (Lipinski definition) is 0. The minimum atomic E-state index is -0.375. The van der Waals surface area contributed by atoms with Crippen LogP contribution in [0.25, 0.3) is 0 Å². The predicted molar refractivity (Wildman–Crippen MR) is 89.7 cm³/mol. The summed E-state index contributed by atoms with van der Waals surface area (Å²) >= 11 is 5.81. The topological polar surface area (TPSA) is 64.2 Å². The Kier molecular flexibility index (Phi) is 4.66. The van der Waals surface area contributed by atoms with Crippen LogP contribution < -0.4 is 0 Å². The van der Waals surface area contributed by atoms with E-state index in [4.69, 9.17) is 16.0 Å². The monoisotopic (exact) mass is 344 g/mol. The molecule has 3 heterocycles. The first-order chi connectivity index (χ1) is 11.6. The van der Waals surface area contributed by atoms with Crippen molar-refractivity contribution in [2.45, 2.75) is 13.0 Å². The number of nitrogens with zero attached hydrogens (tertiary/aromatic N) is 4. The summed E-state index contributed by atoms with van der Waals surface area (Å²) in [4.78, 5) is 23.2. The van der Waals surface area contributed by atoms with E-state index in [-0.39, 0.29) is 22.9 Å². The molecule has 24 heavy (non-hydrogen) atoms. The van der Waals surface area contributed by atoms with Crippen LogP contribution in [0.2, 0.25) is 5.22 Å². The molecule has 0 N–H and O–H groups in total. The summed E-state index contributed by atoms with van der Waals surface area (Å²) in [6.45, 7) is 2.39. The fourth-order valence-electron chi connectivity index (χ4n) is 2.66. The molecule has 6 nitrogen and oxygen atoms in total. The van der Waals surface area contributed by atoms with Crippen molar-refractivity contribution >= 4 is 17.5 Å². The van der Waals surface area contributed by atoms with Gasteiger partial charge in [0.1, 0.15) is 11.9 Å². The van der Waals surface area contributed by atoms with Crippen molar-refractivity contribution < 1.29 is 9.21 Å². The van der Waals surface area contributed by atoms with Gasteiger partial charge in [-0.1, -0.05) is 6.07 Å². The number of carbonyl (C=O) groups excluding carboxylic acids is 1.